The van der Waals surface area contributed by atoms with E-state index in [0.29, 0.717) is 45.1 Å². The van der Waals surface area contributed by atoms with E-state index < -0.39 is 23.8 Å². The Morgan fingerprint density at radius 2 is 1.32 bits per heavy atom. The van der Waals surface area contributed by atoms with E-state index in [1.807, 2.05) is 17.3 Å². The van der Waals surface area contributed by atoms with Gasteiger partial charge in [-0.2, -0.15) is 0 Å². The number of hydrogen-bond acceptors (Lipinski definition) is 10. The van der Waals surface area contributed by atoms with Crippen LogP contribution in [0.3, 0.4) is 0 Å². The zero-order valence-electron chi connectivity index (χ0n) is 37.4. The molecule has 15 nitrogen and oxygen atoms in total. The smallest absolute Gasteiger partial charge is 0.407 e. The van der Waals surface area contributed by atoms with Gasteiger partial charge in [-0.1, -0.05) is 67.8 Å². The zero-order chi connectivity index (χ0) is 44.5. The molecule has 5 atom stereocenters. The van der Waals surface area contributed by atoms with Crippen molar-refractivity contribution < 1.29 is 33.3 Å². The lowest BCUT2D eigenvalue weighted by molar-refractivity contribution is -0.244. The first kappa shape index (κ1) is 43.1. The molecule has 6 heterocycles. The highest BCUT2D eigenvalue weighted by atomic mass is 16.6. The molecule has 0 spiro atoms. The van der Waals surface area contributed by atoms with Crippen LogP contribution in [-0.4, -0.2) is 113 Å². The predicted molar refractivity (Wildman–Crippen MR) is 244 cm³/mol. The number of alkyl carbamates (subject to hydrolysis) is 2. The lowest BCUT2D eigenvalue weighted by atomic mass is 9.71. The summed E-state index contributed by atoms with van der Waals surface area (Å²) in [6.07, 6.45) is 13.4. The number of H-pyrrole nitrogens is 2. The Balaban J connectivity index is 0.808. The number of amides is 3. The van der Waals surface area contributed by atoms with Gasteiger partial charge in [0, 0.05) is 31.9 Å². The highest BCUT2D eigenvalue weighted by Crippen LogP contribution is 2.47. The third kappa shape index (κ3) is 8.49. The Morgan fingerprint density at radius 3 is 2.02 bits per heavy atom. The van der Waals surface area contributed by atoms with Crippen LogP contribution in [-0.2, 0) is 23.7 Å². The van der Waals surface area contributed by atoms with Gasteiger partial charge in [-0.3, -0.25) is 9.69 Å². The predicted octanol–water partition coefficient (Wildman–Crippen LogP) is 8.27. The molecule has 0 radical (unpaired) electrons. The second kappa shape index (κ2) is 18.6. The number of nitrogens with one attached hydrogen (secondary N) is 4. The van der Waals surface area contributed by atoms with Crippen LogP contribution in [0.4, 0.5) is 9.59 Å². The molecule has 3 amide bonds. The van der Waals surface area contributed by atoms with Gasteiger partial charge >= 0.3 is 12.2 Å². The second-order valence-electron chi connectivity index (χ2n) is 18.5. The Labute approximate surface area is 379 Å². The van der Waals surface area contributed by atoms with Crippen molar-refractivity contribution in [1.82, 2.24) is 40.4 Å². The van der Waals surface area contributed by atoms with Crippen LogP contribution in [0.1, 0.15) is 94.4 Å². The molecule has 3 aromatic carbocycles. The van der Waals surface area contributed by atoms with Crippen LogP contribution in [0.5, 0.6) is 0 Å². The number of imidazole rings is 2. The molecule has 4 N–H and O–H groups in total. The third-order valence-corrected chi connectivity index (χ3v) is 14.9. The molecule has 1 aliphatic carbocycles. The average Bonchev–Trinajstić information content (AvgIpc) is 4.20. The van der Waals surface area contributed by atoms with Gasteiger partial charge in [0.1, 0.15) is 29.5 Å². The van der Waals surface area contributed by atoms with Crippen LogP contribution in [0.15, 0.2) is 73.1 Å². The van der Waals surface area contributed by atoms with Crippen molar-refractivity contribution in [3.63, 3.8) is 0 Å². The van der Waals surface area contributed by atoms with Crippen molar-refractivity contribution >= 4 is 28.9 Å². The van der Waals surface area contributed by atoms with Crippen LogP contribution in [0, 0.1) is 11.8 Å². The molecule has 0 bridgehead atoms. The minimum atomic E-state index is -0.676. The van der Waals surface area contributed by atoms with Gasteiger partial charge in [0.2, 0.25) is 5.91 Å². The average molecular weight is 885 g/mol. The normalized spacial score (nSPS) is 24.7. The molecule has 342 valence electrons. The summed E-state index contributed by atoms with van der Waals surface area (Å²) in [5.74, 6) is 1.90. The number of rotatable bonds is 11. The molecule has 5 aliphatic rings. The second-order valence-corrected chi connectivity index (χ2v) is 18.5. The van der Waals surface area contributed by atoms with Gasteiger partial charge in [-0.15, -0.1) is 0 Å². The summed E-state index contributed by atoms with van der Waals surface area (Å²) in [6, 6.07) is 20.7. The Morgan fingerprint density at radius 1 is 0.708 bits per heavy atom. The molecular formula is C50H60N8O7. The number of aromatic amines is 2. The fourth-order valence-electron chi connectivity index (χ4n) is 11.3. The fraction of sp³-hybridized carbons (Fsp3) is 0.500. The topological polar surface area (TPSA) is 176 Å². The molecule has 4 saturated heterocycles. The van der Waals surface area contributed by atoms with E-state index in [1.54, 1.807) is 0 Å². The van der Waals surface area contributed by atoms with Crippen LogP contribution in [0.25, 0.3) is 44.4 Å². The summed E-state index contributed by atoms with van der Waals surface area (Å²) >= 11 is 0. The monoisotopic (exact) mass is 884 g/mol. The van der Waals surface area contributed by atoms with Crippen LogP contribution < -0.4 is 10.6 Å². The van der Waals surface area contributed by atoms with Gasteiger partial charge in [-0.25, -0.2) is 19.6 Å². The highest BCUT2D eigenvalue weighted by molar-refractivity contribution is 5.91. The fourth-order valence-corrected chi connectivity index (χ4v) is 11.3. The molecule has 10 rings (SSSR count). The quantitative estimate of drug-likeness (QED) is 0.101. The lowest BCUT2D eigenvalue weighted by Crippen LogP contribution is -2.76. The summed E-state index contributed by atoms with van der Waals surface area (Å²) < 4.78 is 21.9. The van der Waals surface area contributed by atoms with E-state index in [0.717, 1.165) is 101 Å². The van der Waals surface area contributed by atoms with Crippen molar-refractivity contribution in [2.45, 2.75) is 101 Å². The molecule has 65 heavy (non-hydrogen) atoms. The number of benzene rings is 3. The first-order valence-corrected chi connectivity index (χ1v) is 23.5. The summed E-state index contributed by atoms with van der Waals surface area (Å²) in [4.78, 5) is 60.1. The molecule has 15 heteroatoms. The minimum absolute atomic E-state index is 0.0196. The van der Waals surface area contributed by atoms with Crippen LogP contribution >= 0.6 is 0 Å². The number of ether oxygens (including phenoxy) is 4. The SMILES string of the molecule is COC(=O)N[C@H](C(=O)N1CCC[C@H]1c1ncc(-c2ccc(-c3ccc4cc(-c5cnc([C@@H]6CCCN6C6OC[C@@]6(NC(=O)OC)C6CCCCC6)[nH]5)ccc4c3)cc2)[nH]1)C1CCOCC1. The van der Waals surface area contributed by atoms with E-state index in [9.17, 15) is 14.4 Å². The number of carbonyl (C=O) groups excluding carboxylic acids is 3. The van der Waals surface area contributed by atoms with E-state index in [2.05, 4.69) is 86.2 Å². The third-order valence-electron chi connectivity index (χ3n) is 14.9. The van der Waals surface area contributed by atoms with Crippen LogP contribution in [0.2, 0.25) is 0 Å². The number of fused-ring (bicyclic) bond motifs is 1. The first-order chi connectivity index (χ1) is 31.8. The van der Waals surface area contributed by atoms with E-state index >= 15 is 0 Å². The standard InChI is InChI=1S/C50H60N8O7/c1-62-48(60)55-43(33-20-24-64-25-21-33)46(59)57-22-6-10-41(57)44-51-28-39(53-44)32-14-12-31(13-15-32)34-16-17-36-27-37(19-18-35(36)26-34)40-29-52-45(54-40)42-11-7-23-58(42)47-50(30-65-47,56-49(61)63-2)38-8-4-3-5-9-38/h12-19,26-29,33,38,41-43,47H,3-11,20-25,30H2,1-2H3,(H,51,53)(H,52,54)(H,55,60)(H,56,61)/t41-,42-,43-,47?,50+/m0/s1. The highest BCUT2D eigenvalue weighted by Gasteiger charge is 2.59. The van der Waals surface area contributed by atoms with E-state index in [4.69, 9.17) is 28.9 Å². The zero-order valence-corrected chi connectivity index (χ0v) is 37.4. The molecular weight excluding hydrogens is 825 g/mol. The molecule has 4 aliphatic heterocycles. The van der Waals surface area contributed by atoms with Crippen molar-refractivity contribution in [3.8, 4) is 33.6 Å². The molecule has 5 aromatic rings. The van der Waals surface area contributed by atoms with Gasteiger partial charge in [-0.05, 0) is 103 Å². The summed E-state index contributed by atoms with van der Waals surface area (Å²) in [7, 11) is 2.75. The van der Waals surface area contributed by atoms with E-state index in [1.165, 1.54) is 33.5 Å². The Kier molecular flexibility index (Phi) is 12.4. The largest absolute Gasteiger partial charge is 0.453 e. The number of methoxy groups -OCH3 is 2. The number of hydrogen-bond donors (Lipinski definition) is 4. The van der Waals surface area contributed by atoms with Gasteiger partial charge in [0.25, 0.3) is 0 Å². The first-order valence-electron chi connectivity index (χ1n) is 23.5. The molecule has 5 fully saturated rings. The molecule has 1 unspecified atom stereocenters. The molecule has 1 saturated carbocycles. The van der Waals surface area contributed by atoms with Crippen molar-refractivity contribution in [1.29, 1.82) is 0 Å². The number of aromatic nitrogens is 4. The van der Waals surface area contributed by atoms with Gasteiger partial charge in [0.15, 0.2) is 0 Å². The maximum atomic E-state index is 14.0. The minimum Gasteiger partial charge on any atom is -0.453 e. The van der Waals surface area contributed by atoms with Gasteiger partial charge < -0.3 is 44.4 Å². The van der Waals surface area contributed by atoms with Gasteiger partial charge in [0.05, 0.1) is 56.7 Å². The van der Waals surface area contributed by atoms with Crippen molar-refractivity contribution in [2.24, 2.45) is 11.8 Å². The van der Waals surface area contributed by atoms with Crippen molar-refractivity contribution in [3.05, 3.63) is 84.7 Å². The number of nitrogens with zero attached hydrogens (tertiary/aromatic N) is 4. The lowest BCUT2D eigenvalue weighted by Gasteiger charge is -2.57. The van der Waals surface area contributed by atoms with E-state index in [-0.39, 0.29) is 30.1 Å². The summed E-state index contributed by atoms with van der Waals surface area (Å²) in [5.41, 5.74) is 5.69. The number of carbonyl (C=O) groups is 3. The summed E-state index contributed by atoms with van der Waals surface area (Å²) in [6.45, 7) is 3.12. The van der Waals surface area contributed by atoms with Crippen molar-refractivity contribution in [2.75, 3.05) is 47.1 Å². The Hall–Kier alpha value is -5.77. The number of likely N-dealkylation sites (tertiary alicyclic amines) is 2. The summed E-state index contributed by atoms with van der Waals surface area (Å²) in [5, 5.41) is 8.37. The maximum Gasteiger partial charge on any atom is 0.407 e. The Bertz CT molecular complexity index is 2490. The maximum absolute atomic E-state index is 14.0. The molecule has 2 aromatic heterocycles.